The minimum Gasteiger partial charge on any atom is -0.481 e. The largest absolute Gasteiger partial charge is 0.481 e. The molecule has 0 fully saturated rings. The molecule has 1 amide bonds. The summed E-state index contributed by atoms with van der Waals surface area (Å²) in [5, 5.41) is 11.5. The first-order chi connectivity index (χ1) is 9.61. The van der Waals surface area contributed by atoms with Gasteiger partial charge in [-0.3, -0.25) is 9.59 Å². The van der Waals surface area contributed by atoms with Crippen molar-refractivity contribution in [2.45, 2.75) is 32.6 Å². The minimum atomic E-state index is -0.824. The summed E-state index contributed by atoms with van der Waals surface area (Å²) in [5.74, 6) is -0.879. The highest BCUT2D eigenvalue weighted by molar-refractivity contribution is 5.90. The molecule has 0 aliphatic rings. The molecular formula is C15H21NO4. The van der Waals surface area contributed by atoms with Gasteiger partial charge in [0.15, 0.2) is 0 Å². The van der Waals surface area contributed by atoms with E-state index in [0.717, 1.165) is 5.56 Å². The number of carbonyl (C=O) groups is 2. The highest BCUT2D eigenvalue weighted by atomic mass is 16.5. The van der Waals surface area contributed by atoms with Crippen molar-refractivity contribution in [1.29, 1.82) is 0 Å². The van der Waals surface area contributed by atoms with Crippen LogP contribution in [-0.2, 0) is 20.7 Å². The van der Waals surface area contributed by atoms with Gasteiger partial charge in [-0.2, -0.15) is 0 Å². The molecule has 0 saturated heterocycles. The van der Waals surface area contributed by atoms with Crippen molar-refractivity contribution in [2.24, 2.45) is 0 Å². The Bertz CT molecular complexity index is 445. The van der Waals surface area contributed by atoms with Gasteiger partial charge < -0.3 is 15.2 Å². The Hall–Kier alpha value is -1.88. The zero-order chi connectivity index (χ0) is 14.8. The number of benzene rings is 1. The summed E-state index contributed by atoms with van der Waals surface area (Å²) in [6, 6.07) is 7.27. The molecule has 2 N–H and O–H groups in total. The van der Waals surface area contributed by atoms with Crippen molar-refractivity contribution in [3.8, 4) is 0 Å². The molecule has 0 aliphatic heterocycles. The molecule has 1 aromatic rings. The lowest BCUT2D eigenvalue weighted by molar-refractivity contribution is -0.137. The second-order valence-corrected chi connectivity index (χ2v) is 4.44. The number of carboxylic acids is 1. The average molecular weight is 279 g/mol. The lowest BCUT2D eigenvalue weighted by Gasteiger charge is -2.07. The molecular weight excluding hydrogens is 258 g/mol. The van der Waals surface area contributed by atoms with Crippen molar-refractivity contribution in [3.05, 3.63) is 29.8 Å². The Morgan fingerprint density at radius 3 is 2.80 bits per heavy atom. The quantitative estimate of drug-likeness (QED) is 0.681. The molecule has 110 valence electrons. The molecule has 1 rings (SSSR count). The van der Waals surface area contributed by atoms with Crippen molar-refractivity contribution >= 4 is 17.6 Å². The third-order valence-corrected chi connectivity index (χ3v) is 2.73. The maximum Gasteiger partial charge on any atom is 0.303 e. The number of hydrogen-bond donors (Lipinski definition) is 2. The van der Waals surface area contributed by atoms with E-state index in [-0.39, 0.29) is 12.3 Å². The fourth-order valence-corrected chi connectivity index (χ4v) is 1.76. The van der Waals surface area contributed by atoms with E-state index in [1.807, 2.05) is 25.1 Å². The van der Waals surface area contributed by atoms with Gasteiger partial charge in [0.2, 0.25) is 5.91 Å². The SMILES string of the molecule is CCOCCCC(=O)Nc1cccc(CCC(=O)O)c1. The van der Waals surface area contributed by atoms with Crippen LogP contribution in [0.1, 0.15) is 31.7 Å². The molecule has 0 unspecified atom stereocenters. The summed E-state index contributed by atoms with van der Waals surface area (Å²) in [5.41, 5.74) is 1.61. The van der Waals surface area contributed by atoms with Crippen LogP contribution in [0.2, 0.25) is 0 Å². The van der Waals surface area contributed by atoms with Gasteiger partial charge in [0, 0.05) is 31.7 Å². The van der Waals surface area contributed by atoms with E-state index in [1.54, 1.807) is 6.07 Å². The third kappa shape index (κ3) is 6.89. The van der Waals surface area contributed by atoms with Crippen LogP contribution in [0.3, 0.4) is 0 Å². The second kappa shape index (κ2) is 9.09. The third-order valence-electron chi connectivity index (χ3n) is 2.73. The maximum atomic E-state index is 11.7. The Morgan fingerprint density at radius 1 is 1.30 bits per heavy atom. The first-order valence-electron chi connectivity index (χ1n) is 6.80. The molecule has 5 heteroatoms. The molecule has 1 aromatic carbocycles. The number of ether oxygens (including phenoxy) is 1. The zero-order valence-corrected chi connectivity index (χ0v) is 11.7. The van der Waals surface area contributed by atoms with E-state index in [0.29, 0.717) is 38.2 Å². The van der Waals surface area contributed by atoms with Crippen LogP contribution in [0, 0.1) is 0 Å². The number of carboxylic acid groups (broad SMARTS) is 1. The Labute approximate surface area is 118 Å². The van der Waals surface area contributed by atoms with E-state index in [2.05, 4.69) is 5.32 Å². The number of aryl methyl sites for hydroxylation is 1. The van der Waals surface area contributed by atoms with Crippen molar-refractivity contribution in [1.82, 2.24) is 0 Å². The van der Waals surface area contributed by atoms with Crippen LogP contribution in [0.5, 0.6) is 0 Å². The first-order valence-corrected chi connectivity index (χ1v) is 6.80. The van der Waals surface area contributed by atoms with Gasteiger partial charge in [0.05, 0.1) is 0 Å². The van der Waals surface area contributed by atoms with Crippen molar-refractivity contribution < 1.29 is 19.4 Å². The molecule has 0 aromatic heterocycles. The van der Waals surface area contributed by atoms with Crippen molar-refractivity contribution in [3.63, 3.8) is 0 Å². The van der Waals surface area contributed by atoms with Crippen LogP contribution >= 0.6 is 0 Å². The van der Waals surface area contributed by atoms with Gasteiger partial charge in [0.1, 0.15) is 0 Å². The summed E-state index contributed by atoms with van der Waals surface area (Å²) in [4.78, 5) is 22.2. The van der Waals surface area contributed by atoms with E-state index in [1.165, 1.54) is 0 Å². The zero-order valence-electron chi connectivity index (χ0n) is 11.7. The molecule has 0 bridgehead atoms. The van der Waals surface area contributed by atoms with Crippen LogP contribution < -0.4 is 5.32 Å². The van der Waals surface area contributed by atoms with Gasteiger partial charge >= 0.3 is 5.97 Å². The first kappa shape index (κ1) is 16.2. The van der Waals surface area contributed by atoms with Gasteiger partial charge in [-0.15, -0.1) is 0 Å². The molecule has 0 spiro atoms. The van der Waals surface area contributed by atoms with Crippen LogP contribution in [0.4, 0.5) is 5.69 Å². The number of anilines is 1. The minimum absolute atomic E-state index is 0.0555. The summed E-state index contributed by atoms with van der Waals surface area (Å²) in [6.45, 7) is 3.17. The number of nitrogens with one attached hydrogen (secondary N) is 1. The molecule has 0 saturated carbocycles. The fraction of sp³-hybridized carbons (Fsp3) is 0.467. The lowest BCUT2D eigenvalue weighted by Crippen LogP contribution is -2.12. The van der Waals surface area contributed by atoms with Gasteiger partial charge in [-0.1, -0.05) is 12.1 Å². The number of amides is 1. The summed E-state index contributed by atoms with van der Waals surface area (Å²) < 4.78 is 5.17. The molecule has 0 radical (unpaired) electrons. The van der Waals surface area contributed by atoms with E-state index in [4.69, 9.17) is 9.84 Å². The number of rotatable bonds is 9. The van der Waals surface area contributed by atoms with E-state index in [9.17, 15) is 9.59 Å². The van der Waals surface area contributed by atoms with E-state index >= 15 is 0 Å². The Kier molecular flexibility index (Phi) is 7.35. The van der Waals surface area contributed by atoms with Gasteiger partial charge in [0.25, 0.3) is 0 Å². The summed E-state index contributed by atoms with van der Waals surface area (Å²) in [6.07, 6.45) is 1.66. The molecule has 0 aliphatic carbocycles. The van der Waals surface area contributed by atoms with Crippen LogP contribution in [0.15, 0.2) is 24.3 Å². The summed E-state index contributed by atoms with van der Waals surface area (Å²) in [7, 11) is 0. The Morgan fingerprint density at radius 2 is 2.10 bits per heavy atom. The topological polar surface area (TPSA) is 75.6 Å². The van der Waals surface area contributed by atoms with Crippen molar-refractivity contribution in [2.75, 3.05) is 18.5 Å². The standard InChI is InChI=1S/C15H21NO4/c1-2-20-10-4-7-14(17)16-13-6-3-5-12(11-13)8-9-15(18)19/h3,5-6,11H,2,4,7-10H2,1H3,(H,16,17)(H,18,19). The smallest absolute Gasteiger partial charge is 0.303 e. The monoisotopic (exact) mass is 279 g/mol. The highest BCUT2D eigenvalue weighted by Gasteiger charge is 2.04. The lowest BCUT2D eigenvalue weighted by atomic mass is 10.1. The highest BCUT2D eigenvalue weighted by Crippen LogP contribution is 2.13. The molecule has 0 atom stereocenters. The number of aliphatic carboxylic acids is 1. The maximum absolute atomic E-state index is 11.7. The number of carbonyl (C=O) groups excluding carboxylic acids is 1. The van der Waals surface area contributed by atoms with Gasteiger partial charge in [-0.25, -0.2) is 0 Å². The molecule has 20 heavy (non-hydrogen) atoms. The van der Waals surface area contributed by atoms with E-state index < -0.39 is 5.97 Å². The Balaban J connectivity index is 2.40. The predicted molar refractivity (Wildman–Crippen MR) is 76.8 cm³/mol. The normalized spacial score (nSPS) is 10.2. The van der Waals surface area contributed by atoms with Crippen LogP contribution in [0.25, 0.3) is 0 Å². The number of hydrogen-bond acceptors (Lipinski definition) is 3. The molecule has 0 heterocycles. The predicted octanol–water partition coefficient (Wildman–Crippen LogP) is 2.46. The fourth-order valence-electron chi connectivity index (χ4n) is 1.76. The average Bonchev–Trinajstić information content (AvgIpc) is 2.42. The summed E-state index contributed by atoms with van der Waals surface area (Å²) >= 11 is 0. The van der Waals surface area contributed by atoms with Crippen LogP contribution in [-0.4, -0.2) is 30.2 Å². The van der Waals surface area contributed by atoms with Gasteiger partial charge in [-0.05, 0) is 37.5 Å². The molecule has 5 nitrogen and oxygen atoms in total. The second-order valence-electron chi connectivity index (χ2n) is 4.44.